The van der Waals surface area contributed by atoms with Gasteiger partial charge in [0.25, 0.3) is 0 Å². The number of nitrogens with one attached hydrogen (secondary N) is 1. The summed E-state index contributed by atoms with van der Waals surface area (Å²) in [7, 11) is 0. The van der Waals surface area contributed by atoms with Gasteiger partial charge >= 0.3 is 6.18 Å². The molecule has 20 heavy (non-hydrogen) atoms. The first kappa shape index (κ1) is 17.0. The van der Waals surface area contributed by atoms with Crippen LogP contribution in [-0.2, 0) is 11.2 Å². The maximum atomic E-state index is 12.1. The van der Waals surface area contributed by atoms with Crippen molar-refractivity contribution in [2.75, 3.05) is 19.8 Å². The van der Waals surface area contributed by atoms with Crippen LogP contribution in [-0.4, -0.2) is 25.9 Å². The number of hydrogen-bond acceptors (Lipinski definition) is 2. The van der Waals surface area contributed by atoms with Gasteiger partial charge in [0.15, 0.2) is 0 Å². The Labute approximate surface area is 118 Å². The molecule has 1 rings (SSSR count). The van der Waals surface area contributed by atoms with Gasteiger partial charge in [-0.05, 0) is 30.5 Å². The number of alkyl halides is 3. The SMILES string of the molecule is CCCNC(COCC(F)(F)F)c1cccc(CC)c1. The Bertz CT molecular complexity index is 393. The summed E-state index contributed by atoms with van der Waals surface area (Å²) in [6, 6.07) is 7.67. The highest BCUT2D eigenvalue weighted by Gasteiger charge is 2.28. The molecule has 1 unspecified atom stereocenters. The molecule has 0 saturated carbocycles. The molecule has 0 spiro atoms. The average Bonchev–Trinajstić information content (AvgIpc) is 2.41. The van der Waals surface area contributed by atoms with Crippen molar-refractivity contribution in [1.82, 2.24) is 5.32 Å². The minimum atomic E-state index is -4.28. The first-order valence-corrected chi connectivity index (χ1v) is 6.93. The number of aryl methyl sites for hydroxylation is 1. The van der Waals surface area contributed by atoms with Crippen molar-refractivity contribution in [3.63, 3.8) is 0 Å². The van der Waals surface area contributed by atoms with Gasteiger partial charge in [-0.1, -0.05) is 38.1 Å². The first-order valence-electron chi connectivity index (χ1n) is 6.93. The molecule has 5 heteroatoms. The molecule has 2 nitrogen and oxygen atoms in total. The molecular formula is C15H22F3NO. The lowest BCUT2D eigenvalue weighted by Gasteiger charge is -2.20. The molecule has 1 aromatic rings. The van der Waals surface area contributed by atoms with Crippen LogP contribution in [0.25, 0.3) is 0 Å². The lowest BCUT2D eigenvalue weighted by molar-refractivity contribution is -0.175. The number of ether oxygens (including phenoxy) is 1. The standard InChI is InChI=1S/C15H22F3NO/c1-3-8-19-14(10-20-11-15(16,17)18)13-7-5-6-12(4-2)9-13/h5-7,9,14,19H,3-4,8,10-11H2,1-2H3. The summed E-state index contributed by atoms with van der Waals surface area (Å²) in [6.45, 7) is 3.63. The molecule has 0 bridgehead atoms. The third kappa shape index (κ3) is 6.39. The predicted molar refractivity (Wildman–Crippen MR) is 73.7 cm³/mol. The van der Waals surface area contributed by atoms with E-state index in [0.29, 0.717) is 0 Å². The lowest BCUT2D eigenvalue weighted by atomic mass is 10.0. The molecule has 0 saturated heterocycles. The van der Waals surface area contributed by atoms with Gasteiger partial charge in [0, 0.05) is 0 Å². The fourth-order valence-electron chi connectivity index (χ4n) is 1.91. The van der Waals surface area contributed by atoms with Crippen molar-refractivity contribution >= 4 is 0 Å². The molecule has 114 valence electrons. The predicted octanol–water partition coefficient (Wildman–Crippen LogP) is 3.87. The highest BCUT2D eigenvalue weighted by Crippen LogP contribution is 2.19. The largest absolute Gasteiger partial charge is 0.411 e. The van der Waals surface area contributed by atoms with E-state index in [4.69, 9.17) is 4.74 Å². The lowest BCUT2D eigenvalue weighted by Crippen LogP contribution is -2.28. The zero-order valence-electron chi connectivity index (χ0n) is 12.0. The summed E-state index contributed by atoms with van der Waals surface area (Å²) in [6.07, 6.45) is -2.46. The molecule has 0 aliphatic carbocycles. The van der Waals surface area contributed by atoms with E-state index < -0.39 is 12.8 Å². The second kappa shape index (κ2) is 8.27. The smallest absolute Gasteiger partial charge is 0.370 e. The fraction of sp³-hybridized carbons (Fsp3) is 0.600. The monoisotopic (exact) mass is 289 g/mol. The average molecular weight is 289 g/mol. The second-order valence-corrected chi connectivity index (χ2v) is 4.74. The van der Waals surface area contributed by atoms with E-state index in [9.17, 15) is 13.2 Å². The highest BCUT2D eigenvalue weighted by atomic mass is 19.4. The molecule has 1 N–H and O–H groups in total. The normalized spacial score (nSPS) is 13.4. The van der Waals surface area contributed by atoms with Crippen molar-refractivity contribution in [3.8, 4) is 0 Å². The molecule has 1 atom stereocenters. The maximum Gasteiger partial charge on any atom is 0.411 e. The summed E-state index contributed by atoms with van der Waals surface area (Å²) in [5.74, 6) is 0. The van der Waals surface area contributed by atoms with Crippen LogP contribution in [0.4, 0.5) is 13.2 Å². The molecule has 0 aromatic heterocycles. The van der Waals surface area contributed by atoms with Crippen molar-refractivity contribution in [1.29, 1.82) is 0 Å². The van der Waals surface area contributed by atoms with Gasteiger partial charge in [0.2, 0.25) is 0 Å². The van der Waals surface area contributed by atoms with E-state index in [0.717, 1.165) is 24.9 Å². The van der Waals surface area contributed by atoms with Gasteiger partial charge in [-0.15, -0.1) is 0 Å². The van der Waals surface area contributed by atoms with Gasteiger partial charge in [-0.2, -0.15) is 13.2 Å². The molecule has 1 aromatic carbocycles. The van der Waals surface area contributed by atoms with E-state index in [1.165, 1.54) is 5.56 Å². The third-order valence-corrected chi connectivity index (χ3v) is 2.95. The van der Waals surface area contributed by atoms with Crippen LogP contribution in [0, 0.1) is 0 Å². The summed E-state index contributed by atoms with van der Waals surface area (Å²) in [5, 5.41) is 3.23. The van der Waals surface area contributed by atoms with Crippen LogP contribution < -0.4 is 5.32 Å². The Hall–Kier alpha value is -1.07. The molecule has 0 radical (unpaired) electrons. The Morgan fingerprint density at radius 3 is 2.60 bits per heavy atom. The van der Waals surface area contributed by atoms with E-state index in [1.54, 1.807) is 0 Å². The van der Waals surface area contributed by atoms with Crippen molar-refractivity contribution in [2.45, 2.75) is 38.9 Å². The Balaban J connectivity index is 2.67. The van der Waals surface area contributed by atoms with E-state index in [-0.39, 0.29) is 12.6 Å². The van der Waals surface area contributed by atoms with Crippen LogP contribution in [0.5, 0.6) is 0 Å². The quantitative estimate of drug-likeness (QED) is 0.784. The second-order valence-electron chi connectivity index (χ2n) is 4.74. The number of benzene rings is 1. The molecule has 0 fully saturated rings. The van der Waals surface area contributed by atoms with Crippen LogP contribution in [0.1, 0.15) is 37.4 Å². The van der Waals surface area contributed by atoms with Crippen molar-refractivity contribution in [3.05, 3.63) is 35.4 Å². The molecule has 0 heterocycles. The van der Waals surface area contributed by atoms with E-state index >= 15 is 0 Å². The molecular weight excluding hydrogens is 267 g/mol. The van der Waals surface area contributed by atoms with Crippen molar-refractivity contribution < 1.29 is 17.9 Å². The Kier molecular flexibility index (Phi) is 7.02. The number of hydrogen-bond donors (Lipinski definition) is 1. The topological polar surface area (TPSA) is 21.3 Å². The van der Waals surface area contributed by atoms with Gasteiger partial charge in [0.05, 0.1) is 12.6 Å². The van der Waals surface area contributed by atoms with Gasteiger partial charge < -0.3 is 10.1 Å². The van der Waals surface area contributed by atoms with Crippen LogP contribution in [0.3, 0.4) is 0 Å². The summed E-state index contributed by atoms with van der Waals surface area (Å²) < 4.78 is 41.2. The highest BCUT2D eigenvalue weighted by molar-refractivity contribution is 5.26. The first-order chi connectivity index (χ1) is 9.46. The van der Waals surface area contributed by atoms with E-state index in [2.05, 4.69) is 5.32 Å². The summed E-state index contributed by atoms with van der Waals surface area (Å²) in [4.78, 5) is 0. The van der Waals surface area contributed by atoms with E-state index in [1.807, 2.05) is 38.1 Å². The zero-order valence-corrected chi connectivity index (χ0v) is 12.0. The zero-order chi connectivity index (χ0) is 15.0. The molecule has 0 aliphatic heterocycles. The third-order valence-electron chi connectivity index (χ3n) is 2.95. The minimum absolute atomic E-state index is 0.0205. The van der Waals surface area contributed by atoms with Crippen LogP contribution >= 0.6 is 0 Å². The summed E-state index contributed by atoms with van der Waals surface area (Å²) >= 11 is 0. The molecule has 0 aliphatic rings. The van der Waals surface area contributed by atoms with Gasteiger partial charge in [-0.25, -0.2) is 0 Å². The van der Waals surface area contributed by atoms with Crippen LogP contribution in [0.15, 0.2) is 24.3 Å². The number of halogens is 3. The molecule has 0 amide bonds. The summed E-state index contributed by atoms with van der Waals surface area (Å²) in [5.41, 5.74) is 2.14. The Morgan fingerprint density at radius 2 is 2.00 bits per heavy atom. The van der Waals surface area contributed by atoms with Gasteiger partial charge in [0.1, 0.15) is 6.61 Å². The maximum absolute atomic E-state index is 12.1. The Morgan fingerprint density at radius 1 is 1.25 bits per heavy atom. The minimum Gasteiger partial charge on any atom is -0.370 e. The fourth-order valence-corrected chi connectivity index (χ4v) is 1.91. The van der Waals surface area contributed by atoms with Crippen LogP contribution in [0.2, 0.25) is 0 Å². The van der Waals surface area contributed by atoms with Crippen molar-refractivity contribution in [2.24, 2.45) is 0 Å². The number of rotatable bonds is 8. The van der Waals surface area contributed by atoms with Gasteiger partial charge in [-0.3, -0.25) is 0 Å².